The Kier molecular flexibility index (Phi) is 8.62. The summed E-state index contributed by atoms with van der Waals surface area (Å²) in [5.41, 5.74) is 6.30. The lowest BCUT2D eigenvalue weighted by atomic mass is 9.93. The summed E-state index contributed by atoms with van der Waals surface area (Å²) in [7, 11) is 0. The molecule has 1 fully saturated rings. The zero-order valence-electron chi connectivity index (χ0n) is 12.7. The molecule has 4 nitrogen and oxygen atoms in total. The van der Waals surface area contributed by atoms with Gasteiger partial charge >= 0.3 is 0 Å². The largest absolute Gasteiger partial charge is 0.379 e. The minimum Gasteiger partial charge on any atom is -0.379 e. The molecule has 0 radical (unpaired) electrons. The molecule has 0 unspecified atom stereocenters. The van der Waals surface area contributed by atoms with Crippen molar-refractivity contribution in [3.05, 3.63) is 0 Å². The van der Waals surface area contributed by atoms with E-state index in [1.807, 2.05) is 13.8 Å². The van der Waals surface area contributed by atoms with Crippen molar-refractivity contribution in [3.8, 4) is 0 Å². The van der Waals surface area contributed by atoms with Crippen LogP contribution in [0.25, 0.3) is 0 Å². The van der Waals surface area contributed by atoms with Crippen molar-refractivity contribution in [1.82, 2.24) is 0 Å². The van der Waals surface area contributed by atoms with Crippen LogP contribution in [0.5, 0.6) is 0 Å². The molecule has 0 aromatic heterocycles. The third kappa shape index (κ3) is 7.25. The van der Waals surface area contributed by atoms with Gasteiger partial charge in [-0.05, 0) is 26.7 Å². The van der Waals surface area contributed by atoms with Crippen LogP contribution in [0.15, 0.2) is 0 Å². The van der Waals surface area contributed by atoms with Gasteiger partial charge in [0, 0.05) is 25.2 Å². The molecule has 0 aliphatic heterocycles. The lowest BCUT2D eigenvalue weighted by Crippen LogP contribution is -2.44. The zero-order valence-corrected chi connectivity index (χ0v) is 12.7. The van der Waals surface area contributed by atoms with Crippen LogP contribution >= 0.6 is 0 Å². The zero-order chi connectivity index (χ0) is 14.0. The molecule has 0 amide bonds. The first-order valence-electron chi connectivity index (χ1n) is 7.80. The predicted octanol–water partition coefficient (Wildman–Crippen LogP) is 2.84. The topological polar surface area (TPSA) is 53.7 Å². The van der Waals surface area contributed by atoms with Gasteiger partial charge in [-0.15, -0.1) is 0 Å². The van der Waals surface area contributed by atoms with Crippen LogP contribution in [0, 0.1) is 0 Å². The monoisotopic (exact) mass is 273 g/mol. The second-order valence-electron chi connectivity index (χ2n) is 5.46. The second kappa shape index (κ2) is 9.70. The van der Waals surface area contributed by atoms with E-state index in [-0.39, 0.29) is 11.8 Å². The molecule has 0 heterocycles. The first-order valence-corrected chi connectivity index (χ1v) is 7.80. The fourth-order valence-electron chi connectivity index (χ4n) is 2.62. The Bertz CT molecular complexity index is 209. The molecular formula is C15H31NO3. The molecule has 1 rings (SSSR count). The van der Waals surface area contributed by atoms with Gasteiger partial charge in [0.2, 0.25) is 0 Å². The molecule has 1 aliphatic rings. The van der Waals surface area contributed by atoms with Crippen molar-refractivity contribution >= 4 is 0 Å². The average Bonchev–Trinajstić information content (AvgIpc) is 2.60. The van der Waals surface area contributed by atoms with Crippen molar-refractivity contribution in [2.45, 2.75) is 70.6 Å². The lowest BCUT2D eigenvalue weighted by molar-refractivity contribution is -0.147. The number of nitrogens with two attached hydrogens (primary N) is 1. The summed E-state index contributed by atoms with van der Waals surface area (Å²) >= 11 is 0. The molecule has 0 atom stereocenters. The highest BCUT2D eigenvalue weighted by atomic mass is 16.7. The van der Waals surface area contributed by atoms with Crippen LogP contribution in [0.2, 0.25) is 0 Å². The van der Waals surface area contributed by atoms with Gasteiger partial charge < -0.3 is 19.9 Å². The lowest BCUT2D eigenvalue weighted by Gasteiger charge is -2.28. The Hall–Kier alpha value is -0.160. The molecular weight excluding hydrogens is 242 g/mol. The molecule has 0 aromatic rings. The van der Waals surface area contributed by atoms with E-state index in [0.29, 0.717) is 26.4 Å². The summed E-state index contributed by atoms with van der Waals surface area (Å²) in [6, 6.07) is 0. The standard InChI is InChI=1S/C15H31NO3/c1-3-18-14(19-4-2)9-12-17-13-15(16)10-7-5-6-8-11-15/h14H,3-13,16H2,1-2H3. The van der Waals surface area contributed by atoms with Crippen molar-refractivity contribution in [2.75, 3.05) is 26.4 Å². The van der Waals surface area contributed by atoms with Crippen LogP contribution in [0.3, 0.4) is 0 Å². The SMILES string of the molecule is CCOC(CCOCC1(N)CCCCCC1)OCC. The predicted molar refractivity (Wildman–Crippen MR) is 77.1 cm³/mol. The van der Waals surface area contributed by atoms with Gasteiger partial charge in [0.15, 0.2) is 6.29 Å². The van der Waals surface area contributed by atoms with Crippen LogP contribution in [-0.4, -0.2) is 38.3 Å². The van der Waals surface area contributed by atoms with E-state index in [9.17, 15) is 0 Å². The Morgan fingerprint density at radius 3 is 2.11 bits per heavy atom. The van der Waals surface area contributed by atoms with Crippen molar-refractivity contribution in [1.29, 1.82) is 0 Å². The molecule has 2 N–H and O–H groups in total. The molecule has 114 valence electrons. The highest BCUT2D eigenvalue weighted by Crippen LogP contribution is 2.25. The molecule has 1 saturated carbocycles. The minimum atomic E-state index is -0.141. The van der Waals surface area contributed by atoms with Gasteiger partial charge in [-0.25, -0.2) is 0 Å². The van der Waals surface area contributed by atoms with Crippen LogP contribution in [0.4, 0.5) is 0 Å². The van der Waals surface area contributed by atoms with E-state index < -0.39 is 0 Å². The van der Waals surface area contributed by atoms with Crippen LogP contribution in [0.1, 0.15) is 58.8 Å². The molecule has 0 aromatic carbocycles. The van der Waals surface area contributed by atoms with Crippen molar-refractivity contribution < 1.29 is 14.2 Å². The Morgan fingerprint density at radius 2 is 1.58 bits per heavy atom. The van der Waals surface area contributed by atoms with Gasteiger partial charge in [-0.2, -0.15) is 0 Å². The summed E-state index contributed by atoms with van der Waals surface area (Å²) in [4.78, 5) is 0. The van der Waals surface area contributed by atoms with E-state index in [2.05, 4.69) is 0 Å². The third-order valence-corrected chi connectivity index (χ3v) is 3.69. The molecule has 0 bridgehead atoms. The number of hydrogen-bond acceptors (Lipinski definition) is 4. The van der Waals surface area contributed by atoms with Gasteiger partial charge in [-0.3, -0.25) is 0 Å². The Balaban J connectivity index is 2.17. The Labute approximate surface area is 118 Å². The smallest absolute Gasteiger partial charge is 0.159 e. The van der Waals surface area contributed by atoms with Gasteiger partial charge in [0.25, 0.3) is 0 Å². The van der Waals surface area contributed by atoms with Crippen molar-refractivity contribution in [2.24, 2.45) is 5.73 Å². The number of hydrogen-bond donors (Lipinski definition) is 1. The summed E-state index contributed by atoms with van der Waals surface area (Å²) < 4.78 is 16.7. The molecule has 0 spiro atoms. The van der Waals surface area contributed by atoms with Crippen LogP contribution < -0.4 is 5.73 Å². The summed E-state index contributed by atoms with van der Waals surface area (Å²) in [5, 5.41) is 0. The molecule has 0 saturated heterocycles. The maximum Gasteiger partial charge on any atom is 0.159 e. The maximum atomic E-state index is 6.41. The molecule has 4 heteroatoms. The summed E-state index contributed by atoms with van der Waals surface area (Å²) in [6.45, 7) is 6.62. The van der Waals surface area contributed by atoms with E-state index in [4.69, 9.17) is 19.9 Å². The fraction of sp³-hybridized carbons (Fsp3) is 1.00. The minimum absolute atomic E-state index is 0.108. The Morgan fingerprint density at radius 1 is 1.00 bits per heavy atom. The highest BCUT2D eigenvalue weighted by molar-refractivity contribution is 4.85. The van der Waals surface area contributed by atoms with E-state index in [1.165, 1.54) is 25.7 Å². The van der Waals surface area contributed by atoms with Gasteiger partial charge in [-0.1, -0.05) is 25.7 Å². The second-order valence-corrected chi connectivity index (χ2v) is 5.46. The maximum absolute atomic E-state index is 6.41. The molecule has 19 heavy (non-hydrogen) atoms. The van der Waals surface area contributed by atoms with Gasteiger partial charge in [0.05, 0.1) is 13.2 Å². The first kappa shape index (κ1) is 16.9. The normalized spacial score (nSPS) is 19.6. The number of ether oxygens (including phenoxy) is 3. The van der Waals surface area contributed by atoms with Crippen molar-refractivity contribution in [3.63, 3.8) is 0 Å². The third-order valence-electron chi connectivity index (χ3n) is 3.69. The fourth-order valence-corrected chi connectivity index (χ4v) is 2.62. The average molecular weight is 273 g/mol. The summed E-state index contributed by atoms with van der Waals surface area (Å²) in [6.07, 6.45) is 7.92. The molecule has 1 aliphatic carbocycles. The quantitative estimate of drug-likeness (QED) is 0.399. The number of rotatable bonds is 9. The van der Waals surface area contributed by atoms with Gasteiger partial charge in [0.1, 0.15) is 0 Å². The van der Waals surface area contributed by atoms with Crippen LogP contribution in [-0.2, 0) is 14.2 Å². The highest BCUT2D eigenvalue weighted by Gasteiger charge is 2.26. The van der Waals surface area contributed by atoms with E-state index in [1.54, 1.807) is 0 Å². The van der Waals surface area contributed by atoms with E-state index >= 15 is 0 Å². The van der Waals surface area contributed by atoms with E-state index in [0.717, 1.165) is 19.3 Å². The summed E-state index contributed by atoms with van der Waals surface area (Å²) in [5.74, 6) is 0. The first-order chi connectivity index (χ1) is 9.20.